The van der Waals surface area contributed by atoms with Crippen molar-refractivity contribution in [1.82, 2.24) is 14.8 Å². The van der Waals surface area contributed by atoms with Crippen LogP contribution in [-0.2, 0) is 7.05 Å². The van der Waals surface area contributed by atoms with Gasteiger partial charge < -0.3 is 10.3 Å². The van der Waals surface area contributed by atoms with E-state index >= 15 is 0 Å². The number of halogens is 1. The lowest BCUT2D eigenvalue weighted by Crippen LogP contribution is -2.05. The number of aryl methyl sites for hydroxylation is 1. The van der Waals surface area contributed by atoms with Gasteiger partial charge in [-0.05, 0) is 36.4 Å². The van der Waals surface area contributed by atoms with Crippen LogP contribution >= 0.6 is 11.8 Å². The Morgan fingerprint density at radius 2 is 2.24 bits per heavy atom. The van der Waals surface area contributed by atoms with Crippen molar-refractivity contribution >= 4 is 11.8 Å². The molecule has 1 aromatic carbocycles. The van der Waals surface area contributed by atoms with Crippen molar-refractivity contribution in [2.24, 2.45) is 12.8 Å². The van der Waals surface area contributed by atoms with E-state index in [2.05, 4.69) is 10.2 Å². The summed E-state index contributed by atoms with van der Waals surface area (Å²) in [5.74, 6) is -0.284. The van der Waals surface area contributed by atoms with Gasteiger partial charge in [0.15, 0.2) is 5.16 Å². The lowest BCUT2D eigenvalue weighted by atomic mass is 10.1. The Morgan fingerprint density at radius 3 is 2.76 bits per heavy atom. The van der Waals surface area contributed by atoms with Gasteiger partial charge >= 0.3 is 0 Å². The first-order chi connectivity index (χ1) is 8.08. The second-order valence-corrected chi connectivity index (χ2v) is 4.81. The van der Waals surface area contributed by atoms with E-state index in [1.165, 1.54) is 17.8 Å². The number of nitrogens with zero attached hydrogens (tertiary/aromatic N) is 3. The zero-order valence-electron chi connectivity index (χ0n) is 9.59. The molecular formula is C11H13FN4S. The molecule has 1 aromatic heterocycles. The molecule has 0 saturated heterocycles. The molecule has 0 spiro atoms. The molecule has 6 heteroatoms. The third-order valence-corrected chi connectivity index (χ3v) is 3.46. The van der Waals surface area contributed by atoms with Crippen LogP contribution in [0.1, 0.15) is 18.5 Å². The molecule has 90 valence electrons. The predicted molar refractivity (Wildman–Crippen MR) is 64.1 cm³/mol. The van der Waals surface area contributed by atoms with Crippen molar-refractivity contribution in [1.29, 1.82) is 0 Å². The van der Waals surface area contributed by atoms with Crippen LogP contribution in [0.25, 0.3) is 0 Å². The Bertz CT molecular complexity index is 524. The first-order valence-electron chi connectivity index (χ1n) is 5.15. The fourth-order valence-corrected chi connectivity index (χ4v) is 2.11. The zero-order valence-corrected chi connectivity index (χ0v) is 10.4. The first kappa shape index (κ1) is 12.1. The summed E-state index contributed by atoms with van der Waals surface area (Å²) in [5.41, 5.74) is 6.48. The summed E-state index contributed by atoms with van der Waals surface area (Å²) < 4.78 is 15.5. The highest BCUT2D eigenvalue weighted by Crippen LogP contribution is 2.29. The molecule has 17 heavy (non-hydrogen) atoms. The summed E-state index contributed by atoms with van der Waals surface area (Å²) in [6.45, 7) is 1.82. The summed E-state index contributed by atoms with van der Waals surface area (Å²) in [7, 11) is 1.82. The molecule has 0 aliphatic heterocycles. The maximum Gasteiger partial charge on any atom is 0.195 e. The largest absolute Gasteiger partial charge is 0.324 e. The number of hydrogen-bond acceptors (Lipinski definition) is 4. The van der Waals surface area contributed by atoms with E-state index in [1.807, 2.05) is 20.0 Å². The van der Waals surface area contributed by atoms with Gasteiger partial charge in [0.1, 0.15) is 12.1 Å². The molecule has 0 bridgehead atoms. The van der Waals surface area contributed by atoms with Crippen LogP contribution in [0.4, 0.5) is 4.39 Å². The lowest BCUT2D eigenvalue weighted by molar-refractivity contribution is 0.596. The van der Waals surface area contributed by atoms with Crippen molar-refractivity contribution in [2.75, 3.05) is 0 Å². The van der Waals surface area contributed by atoms with E-state index in [1.54, 1.807) is 17.0 Å². The summed E-state index contributed by atoms with van der Waals surface area (Å²) in [6.07, 6.45) is 1.58. The molecular weight excluding hydrogens is 239 g/mol. The molecule has 0 amide bonds. The average Bonchev–Trinajstić information content (AvgIpc) is 2.67. The molecule has 0 saturated carbocycles. The lowest BCUT2D eigenvalue weighted by Gasteiger charge is -2.08. The van der Waals surface area contributed by atoms with E-state index in [-0.39, 0.29) is 11.9 Å². The normalized spacial score (nSPS) is 12.7. The van der Waals surface area contributed by atoms with Crippen LogP contribution in [0.3, 0.4) is 0 Å². The zero-order chi connectivity index (χ0) is 12.4. The van der Waals surface area contributed by atoms with Gasteiger partial charge in [-0.2, -0.15) is 0 Å². The molecule has 2 N–H and O–H groups in total. The third-order valence-electron chi connectivity index (χ3n) is 2.35. The molecule has 0 aliphatic rings. The van der Waals surface area contributed by atoms with Gasteiger partial charge in [0.2, 0.25) is 0 Å². The fraction of sp³-hybridized carbons (Fsp3) is 0.273. The van der Waals surface area contributed by atoms with E-state index in [9.17, 15) is 4.39 Å². The van der Waals surface area contributed by atoms with Crippen LogP contribution in [-0.4, -0.2) is 14.8 Å². The maximum atomic E-state index is 13.8. The highest BCUT2D eigenvalue weighted by Gasteiger charge is 2.10. The van der Waals surface area contributed by atoms with Gasteiger partial charge in [-0.25, -0.2) is 4.39 Å². The second-order valence-electron chi connectivity index (χ2n) is 3.81. The molecule has 0 aliphatic carbocycles. The number of rotatable bonds is 3. The van der Waals surface area contributed by atoms with Crippen LogP contribution in [0.2, 0.25) is 0 Å². The minimum absolute atomic E-state index is 0.168. The van der Waals surface area contributed by atoms with Crippen LogP contribution < -0.4 is 5.73 Å². The van der Waals surface area contributed by atoms with E-state index in [0.717, 1.165) is 5.56 Å². The molecule has 1 atom stereocenters. The molecule has 2 rings (SSSR count). The summed E-state index contributed by atoms with van der Waals surface area (Å²) in [6, 6.07) is 4.83. The van der Waals surface area contributed by atoms with E-state index < -0.39 is 0 Å². The quantitative estimate of drug-likeness (QED) is 0.909. The Balaban J connectivity index is 2.26. The van der Waals surface area contributed by atoms with Crippen molar-refractivity contribution in [3.63, 3.8) is 0 Å². The van der Waals surface area contributed by atoms with Crippen LogP contribution in [0.5, 0.6) is 0 Å². The van der Waals surface area contributed by atoms with Crippen molar-refractivity contribution in [3.05, 3.63) is 35.9 Å². The Kier molecular flexibility index (Phi) is 3.44. The van der Waals surface area contributed by atoms with Gasteiger partial charge in [-0.1, -0.05) is 6.07 Å². The standard InChI is InChI=1S/C11H13FN4S/c1-7(13)8-3-4-10(9(12)5-8)17-11-15-14-6-16(11)2/h3-7H,13H2,1-2H3. The van der Waals surface area contributed by atoms with Gasteiger partial charge in [-0.3, -0.25) is 0 Å². The van der Waals surface area contributed by atoms with Gasteiger partial charge in [0.05, 0.1) is 4.90 Å². The van der Waals surface area contributed by atoms with Crippen LogP contribution in [0.15, 0.2) is 34.6 Å². The van der Waals surface area contributed by atoms with Gasteiger partial charge in [0.25, 0.3) is 0 Å². The highest BCUT2D eigenvalue weighted by atomic mass is 32.2. The fourth-order valence-electron chi connectivity index (χ4n) is 1.35. The number of nitrogens with two attached hydrogens (primary N) is 1. The minimum Gasteiger partial charge on any atom is -0.324 e. The molecule has 0 radical (unpaired) electrons. The molecule has 1 unspecified atom stereocenters. The number of hydrogen-bond donors (Lipinski definition) is 1. The molecule has 1 heterocycles. The second kappa shape index (κ2) is 4.85. The monoisotopic (exact) mass is 252 g/mol. The Hall–Kier alpha value is -1.40. The minimum atomic E-state index is -0.284. The summed E-state index contributed by atoms with van der Waals surface area (Å²) in [4.78, 5) is 0.519. The predicted octanol–water partition coefficient (Wildman–Crippen LogP) is 2.13. The number of benzene rings is 1. The van der Waals surface area contributed by atoms with E-state index in [0.29, 0.717) is 10.1 Å². The molecule has 2 aromatic rings. The number of aromatic nitrogens is 3. The SMILES string of the molecule is CC(N)c1ccc(Sc2nncn2C)c(F)c1. The van der Waals surface area contributed by atoms with Crippen molar-refractivity contribution in [3.8, 4) is 0 Å². The smallest absolute Gasteiger partial charge is 0.195 e. The topological polar surface area (TPSA) is 56.7 Å². The van der Waals surface area contributed by atoms with Crippen molar-refractivity contribution in [2.45, 2.75) is 23.0 Å². The van der Waals surface area contributed by atoms with Gasteiger partial charge in [0, 0.05) is 13.1 Å². The van der Waals surface area contributed by atoms with Crippen LogP contribution in [0, 0.1) is 5.82 Å². The molecule has 0 fully saturated rings. The Morgan fingerprint density at radius 1 is 1.47 bits per heavy atom. The molecule has 4 nitrogen and oxygen atoms in total. The van der Waals surface area contributed by atoms with E-state index in [4.69, 9.17) is 5.73 Å². The highest BCUT2D eigenvalue weighted by molar-refractivity contribution is 7.99. The third kappa shape index (κ3) is 2.65. The summed E-state index contributed by atoms with van der Waals surface area (Å²) in [5, 5.41) is 8.29. The van der Waals surface area contributed by atoms with Gasteiger partial charge in [-0.15, -0.1) is 10.2 Å². The maximum absolute atomic E-state index is 13.8. The van der Waals surface area contributed by atoms with Crippen molar-refractivity contribution < 1.29 is 4.39 Å². The first-order valence-corrected chi connectivity index (χ1v) is 5.96. The average molecular weight is 252 g/mol. The summed E-state index contributed by atoms with van der Waals surface area (Å²) >= 11 is 1.24. The Labute approximate surface area is 103 Å².